The van der Waals surface area contributed by atoms with Crippen molar-refractivity contribution in [1.82, 2.24) is 0 Å². The summed E-state index contributed by atoms with van der Waals surface area (Å²) >= 11 is 0. The summed E-state index contributed by atoms with van der Waals surface area (Å²) in [5, 5.41) is 9.63. The van der Waals surface area contributed by atoms with Crippen LogP contribution in [0.4, 0.5) is 0 Å². The van der Waals surface area contributed by atoms with Crippen molar-refractivity contribution < 1.29 is 9.90 Å². The fourth-order valence-corrected chi connectivity index (χ4v) is 1.63. The first-order valence-corrected chi connectivity index (χ1v) is 5.11. The third-order valence-corrected chi connectivity index (χ3v) is 2.51. The van der Waals surface area contributed by atoms with Gasteiger partial charge in [-0.1, -0.05) is 42.5 Å². The maximum absolute atomic E-state index is 10.9. The number of phenolic OH excluding ortho intramolecular Hbond substituents is 1. The van der Waals surface area contributed by atoms with Crippen LogP contribution in [0, 0.1) is 5.92 Å². The minimum absolute atomic E-state index is 0.218. The van der Waals surface area contributed by atoms with Gasteiger partial charge in [-0.3, -0.25) is 0 Å². The van der Waals surface area contributed by atoms with Gasteiger partial charge < -0.3 is 9.90 Å². The number of rotatable bonds is 2. The number of hydrogen-bond donors (Lipinski definition) is 1. The van der Waals surface area contributed by atoms with Crippen LogP contribution in [0.5, 0.6) is 5.75 Å². The van der Waals surface area contributed by atoms with E-state index in [1.807, 2.05) is 42.5 Å². The van der Waals surface area contributed by atoms with Crippen LogP contribution in [0.25, 0.3) is 6.08 Å². The van der Waals surface area contributed by atoms with Crippen LogP contribution < -0.4 is 0 Å². The van der Waals surface area contributed by atoms with Gasteiger partial charge in [-0.25, -0.2) is 0 Å². The molecule has 1 atom stereocenters. The molecule has 2 heteroatoms. The lowest BCUT2D eigenvalue weighted by Crippen LogP contribution is -2.02. The van der Waals surface area contributed by atoms with E-state index < -0.39 is 0 Å². The average molecular weight is 212 g/mol. The summed E-state index contributed by atoms with van der Waals surface area (Å²) in [6.45, 7) is 0. The molecular formula is C14H12O2. The largest absolute Gasteiger partial charge is 0.507 e. The lowest BCUT2D eigenvalue weighted by molar-refractivity contribution is -0.109. The molecule has 0 bridgehead atoms. The van der Waals surface area contributed by atoms with Crippen molar-refractivity contribution in [2.24, 2.45) is 5.92 Å². The van der Waals surface area contributed by atoms with E-state index in [1.54, 1.807) is 12.1 Å². The lowest BCUT2D eigenvalue weighted by Gasteiger charge is -2.10. The summed E-state index contributed by atoms with van der Waals surface area (Å²) in [5.41, 5.74) is 1.61. The highest BCUT2D eigenvalue weighted by Crippen LogP contribution is 2.24. The Kier molecular flexibility index (Phi) is 3.01. The van der Waals surface area contributed by atoms with E-state index in [-0.39, 0.29) is 11.7 Å². The molecule has 1 N–H and O–H groups in total. The number of para-hydroxylation sites is 1. The highest BCUT2D eigenvalue weighted by Gasteiger charge is 2.10. The molecule has 1 aromatic rings. The average Bonchev–Trinajstić information content (AvgIpc) is 2.33. The Morgan fingerprint density at radius 3 is 2.75 bits per heavy atom. The van der Waals surface area contributed by atoms with E-state index >= 15 is 0 Å². The van der Waals surface area contributed by atoms with Gasteiger partial charge in [0.05, 0.1) is 5.92 Å². The fraction of sp³-hybridized carbons (Fsp3) is 0.0714. The van der Waals surface area contributed by atoms with E-state index in [4.69, 9.17) is 0 Å². The number of aldehydes is 1. The van der Waals surface area contributed by atoms with Crippen LogP contribution >= 0.6 is 0 Å². The molecule has 0 fully saturated rings. The first kappa shape index (κ1) is 10.4. The van der Waals surface area contributed by atoms with E-state index in [1.165, 1.54) is 0 Å². The van der Waals surface area contributed by atoms with E-state index in [0.29, 0.717) is 0 Å². The molecule has 16 heavy (non-hydrogen) atoms. The molecule has 1 aliphatic carbocycles. The number of benzene rings is 1. The first-order valence-electron chi connectivity index (χ1n) is 5.11. The summed E-state index contributed by atoms with van der Waals surface area (Å²) in [4.78, 5) is 10.9. The minimum Gasteiger partial charge on any atom is -0.507 e. The Morgan fingerprint density at radius 2 is 2.00 bits per heavy atom. The maximum Gasteiger partial charge on any atom is 0.131 e. The number of carbonyl (C=O) groups excluding carboxylic acids is 1. The minimum atomic E-state index is -0.218. The predicted octanol–water partition coefficient (Wildman–Crippen LogP) is 2.72. The number of carbonyl (C=O) groups is 1. The maximum atomic E-state index is 10.9. The molecule has 80 valence electrons. The second kappa shape index (κ2) is 4.62. The molecule has 0 aromatic heterocycles. The van der Waals surface area contributed by atoms with Gasteiger partial charge in [0, 0.05) is 5.56 Å². The number of phenols is 1. The standard InChI is InChI=1S/C14H12O2/c15-10-13-7-2-1-5-11(13)9-12-6-3-4-8-14(12)16/h1-10,13,16H. The molecular weight excluding hydrogens is 200 g/mol. The first-order chi connectivity index (χ1) is 7.81. The number of aromatic hydroxyl groups is 1. The van der Waals surface area contributed by atoms with Crippen LogP contribution in [-0.4, -0.2) is 11.4 Å². The van der Waals surface area contributed by atoms with Crippen molar-refractivity contribution in [2.75, 3.05) is 0 Å². The molecule has 2 nitrogen and oxygen atoms in total. The molecule has 1 unspecified atom stereocenters. The van der Waals surface area contributed by atoms with Crippen LogP contribution in [0.3, 0.4) is 0 Å². The van der Waals surface area contributed by atoms with Crippen LogP contribution in [0.15, 0.2) is 54.1 Å². The highest BCUT2D eigenvalue weighted by atomic mass is 16.3. The number of allylic oxidation sites excluding steroid dienone is 5. The second-order valence-corrected chi connectivity index (χ2v) is 3.61. The van der Waals surface area contributed by atoms with Crippen LogP contribution in [-0.2, 0) is 4.79 Å². The monoisotopic (exact) mass is 212 g/mol. The summed E-state index contributed by atoms with van der Waals surface area (Å²) in [5.74, 6) is 0.00667. The van der Waals surface area contributed by atoms with Crippen LogP contribution in [0.2, 0.25) is 0 Å². The predicted molar refractivity (Wildman–Crippen MR) is 63.9 cm³/mol. The lowest BCUT2D eigenvalue weighted by atomic mass is 9.94. The smallest absolute Gasteiger partial charge is 0.131 e. The molecule has 0 saturated carbocycles. The Balaban J connectivity index is 2.37. The highest BCUT2D eigenvalue weighted by molar-refractivity contribution is 5.72. The molecule has 0 saturated heterocycles. The van der Waals surface area contributed by atoms with Gasteiger partial charge in [0.25, 0.3) is 0 Å². The van der Waals surface area contributed by atoms with E-state index in [9.17, 15) is 9.90 Å². The van der Waals surface area contributed by atoms with Gasteiger partial charge in [0.1, 0.15) is 12.0 Å². The molecule has 0 amide bonds. The topological polar surface area (TPSA) is 37.3 Å². The van der Waals surface area contributed by atoms with Gasteiger partial charge in [-0.2, -0.15) is 0 Å². The van der Waals surface area contributed by atoms with Gasteiger partial charge >= 0.3 is 0 Å². The summed E-state index contributed by atoms with van der Waals surface area (Å²) in [7, 11) is 0. The van der Waals surface area contributed by atoms with E-state index in [0.717, 1.165) is 17.4 Å². The quantitative estimate of drug-likeness (QED) is 0.765. The molecule has 1 aliphatic rings. The molecule has 0 heterocycles. The van der Waals surface area contributed by atoms with E-state index in [2.05, 4.69) is 0 Å². The molecule has 0 spiro atoms. The van der Waals surface area contributed by atoms with Crippen LogP contribution in [0.1, 0.15) is 5.56 Å². The van der Waals surface area contributed by atoms with Crippen molar-refractivity contribution in [2.45, 2.75) is 0 Å². The van der Waals surface area contributed by atoms with Crippen molar-refractivity contribution in [3.05, 3.63) is 59.7 Å². The Hall–Kier alpha value is -2.09. The summed E-state index contributed by atoms with van der Waals surface area (Å²) < 4.78 is 0. The molecule has 0 radical (unpaired) electrons. The summed E-state index contributed by atoms with van der Waals surface area (Å²) in [6, 6.07) is 7.07. The zero-order chi connectivity index (χ0) is 11.4. The Morgan fingerprint density at radius 1 is 1.19 bits per heavy atom. The summed E-state index contributed by atoms with van der Waals surface area (Å²) in [6.07, 6.45) is 10.2. The van der Waals surface area contributed by atoms with Crippen molar-refractivity contribution in [3.63, 3.8) is 0 Å². The Bertz CT molecular complexity index is 481. The zero-order valence-corrected chi connectivity index (χ0v) is 8.71. The third kappa shape index (κ3) is 2.11. The van der Waals surface area contributed by atoms with Gasteiger partial charge in [0.2, 0.25) is 0 Å². The van der Waals surface area contributed by atoms with Gasteiger partial charge in [0.15, 0.2) is 0 Å². The molecule has 2 rings (SSSR count). The zero-order valence-electron chi connectivity index (χ0n) is 8.71. The normalized spacial score (nSPS) is 21.2. The SMILES string of the molecule is O=CC1C=CC=CC1=Cc1ccccc1O. The Labute approximate surface area is 94.2 Å². The van der Waals surface area contributed by atoms with Gasteiger partial charge in [-0.05, 0) is 17.7 Å². The molecule has 1 aromatic carbocycles. The van der Waals surface area contributed by atoms with Gasteiger partial charge in [-0.15, -0.1) is 0 Å². The number of hydrogen-bond acceptors (Lipinski definition) is 2. The van der Waals surface area contributed by atoms with Crippen molar-refractivity contribution in [1.29, 1.82) is 0 Å². The third-order valence-electron chi connectivity index (χ3n) is 2.51. The van der Waals surface area contributed by atoms with Crippen molar-refractivity contribution >= 4 is 12.4 Å². The van der Waals surface area contributed by atoms with Crippen molar-refractivity contribution in [3.8, 4) is 5.75 Å². The second-order valence-electron chi connectivity index (χ2n) is 3.61. The fourth-order valence-electron chi connectivity index (χ4n) is 1.63. The molecule has 0 aliphatic heterocycles.